The fraction of sp³-hybridized carbons (Fsp3) is 0.238. The van der Waals surface area contributed by atoms with Crippen LogP contribution < -0.4 is 15.4 Å². The summed E-state index contributed by atoms with van der Waals surface area (Å²) in [6, 6.07) is 11.0. The Bertz CT molecular complexity index is 1060. The van der Waals surface area contributed by atoms with Crippen LogP contribution in [0.15, 0.2) is 42.5 Å². The Kier molecular flexibility index (Phi) is 6.36. The molecule has 0 radical (unpaired) electrons. The van der Waals surface area contributed by atoms with E-state index in [9.17, 15) is 13.2 Å². The molecule has 0 bridgehead atoms. The Morgan fingerprint density at radius 3 is 2.53 bits per heavy atom. The average molecular weight is 437 g/mol. The maximum absolute atomic E-state index is 12.6. The predicted molar refractivity (Wildman–Crippen MR) is 113 cm³/mol. The van der Waals surface area contributed by atoms with E-state index in [4.69, 9.17) is 11.6 Å². The smallest absolute Gasteiger partial charge is 0.406 e. The van der Waals surface area contributed by atoms with Gasteiger partial charge in [0.05, 0.1) is 5.69 Å². The van der Waals surface area contributed by atoms with Gasteiger partial charge in [-0.25, -0.2) is 4.98 Å². The van der Waals surface area contributed by atoms with Crippen molar-refractivity contribution in [1.29, 1.82) is 0 Å². The molecule has 0 aliphatic carbocycles. The minimum Gasteiger partial charge on any atom is -0.406 e. The monoisotopic (exact) mass is 436 g/mol. The molecule has 9 heteroatoms. The fourth-order valence-corrected chi connectivity index (χ4v) is 3.05. The van der Waals surface area contributed by atoms with Crippen LogP contribution in [-0.2, 0) is 0 Å². The number of aryl methyl sites for hydroxylation is 1. The zero-order chi connectivity index (χ0) is 21.9. The van der Waals surface area contributed by atoms with Crippen molar-refractivity contribution in [3.8, 4) is 17.0 Å². The molecule has 0 saturated carbocycles. The molecule has 0 amide bonds. The second-order valence-corrected chi connectivity index (χ2v) is 6.96. The van der Waals surface area contributed by atoms with Gasteiger partial charge in [-0.05, 0) is 50.1 Å². The second kappa shape index (κ2) is 8.79. The first kappa shape index (κ1) is 21.7. The summed E-state index contributed by atoms with van der Waals surface area (Å²) in [5, 5.41) is 6.91. The van der Waals surface area contributed by atoms with Crippen LogP contribution >= 0.6 is 11.6 Å². The summed E-state index contributed by atoms with van der Waals surface area (Å²) in [6.07, 6.45) is -4.77. The van der Waals surface area contributed by atoms with Gasteiger partial charge in [-0.2, -0.15) is 4.98 Å². The third kappa shape index (κ3) is 5.33. The first-order valence-electron chi connectivity index (χ1n) is 9.18. The molecule has 158 valence electrons. The van der Waals surface area contributed by atoms with Gasteiger partial charge in [0.1, 0.15) is 11.6 Å². The van der Waals surface area contributed by atoms with Gasteiger partial charge in [0.25, 0.3) is 0 Å². The van der Waals surface area contributed by atoms with Gasteiger partial charge in [0.2, 0.25) is 5.95 Å². The van der Waals surface area contributed by atoms with Crippen molar-refractivity contribution in [1.82, 2.24) is 9.97 Å². The summed E-state index contributed by atoms with van der Waals surface area (Å²) in [5.74, 6) is 0.503. The number of anilines is 3. The highest BCUT2D eigenvalue weighted by Crippen LogP contribution is 2.32. The predicted octanol–water partition coefficient (Wildman–Crippen LogP) is 6.49. The maximum Gasteiger partial charge on any atom is 0.573 e. The highest BCUT2D eigenvalue weighted by atomic mass is 35.5. The van der Waals surface area contributed by atoms with Crippen molar-refractivity contribution in [2.24, 2.45) is 0 Å². The lowest BCUT2D eigenvalue weighted by molar-refractivity contribution is -0.274. The standard InChI is InChI=1S/C21H20ClF3N4O/c1-4-26-20-27-17(14-6-5-7-15(10-14)30-21(23,24)25)11-18(29-20)28-19-12(2)8-9-16(22)13(19)3/h5-11H,4H2,1-3H3,(H2,26,27,28,29). The van der Waals surface area contributed by atoms with Gasteiger partial charge in [0, 0.05) is 28.9 Å². The number of ether oxygens (including phenoxy) is 1. The molecule has 1 heterocycles. The largest absolute Gasteiger partial charge is 0.573 e. The Morgan fingerprint density at radius 1 is 1.07 bits per heavy atom. The van der Waals surface area contributed by atoms with E-state index in [1.165, 1.54) is 18.2 Å². The lowest BCUT2D eigenvalue weighted by atomic mass is 10.1. The Labute approximate surface area is 177 Å². The molecule has 0 unspecified atom stereocenters. The molecule has 0 atom stereocenters. The van der Waals surface area contributed by atoms with Crippen LogP contribution in [0.25, 0.3) is 11.3 Å². The second-order valence-electron chi connectivity index (χ2n) is 6.56. The lowest BCUT2D eigenvalue weighted by Gasteiger charge is -2.15. The summed E-state index contributed by atoms with van der Waals surface area (Å²) in [4.78, 5) is 8.86. The molecule has 1 aromatic heterocycles. The number of benzene rings is 2. The molecule has 0 aliphatic heterocycles. The van der Waals surface area contributed by atoms with Crippen molar-refractivity contribution in [2.75, 3.05) is 17.2 Å². The zero-order valence-electron chi connectivity index (χ0n) is 16.6. The molecule has 0 fully saturated rings. The van der Waals surface area contributed by atoms with Gasteiger partial charge < -0.3 is 15.4 Å². The highest BCUT2D eigenvalue weighted by Gasteiger charge is 2.31. The molecule has 0 aliphatic rings. The van der Waals surface area contributed by atoms with E-state index < -0.39 is 6.36 Å². The normalized spacial score (nSPS) is 11.3. The highest BCUT2D eigenvalue weighted by molar-refractivity contribution is 6.31. The Balaban J connectivity index is 2.02. The summed E-state index contributed by atoms with van der Waals surface area (Å²) in [5.41, 5.74) is 3.54. The van der Waals surface area contributed by atoms with E-state index in [0.717, 1.165) is 16.8 Å². The fourth-order valence-electron chi connectivity index (χ4n) is 2.89. The number of nitrogens with zero attached hydrogens (tertiary/aromatic N) is 2. The summed E-state index contributed by atoms with van der Waals surface area (Å²) < 4.78 is 41.8. The van der Waals surface area contributed by atoms with Crippen LogP contribution in [0.2, 0.25) is 5.02 Å². The molecule has 2 aromatic carbocycles. The van der Waals surface area contributed by atoms with Crippen molar-refractivity contribution in [3.63, 3.8) is 0 Å². The minimum absolute atomic E-state index is 0.320. The van der Waals surface area contributed by atoms with Crippen LogP contribution in [0.4, 0.5) is 30.6 Å². The van der Waals surface area contributed by atoms with E-state index >= 15 is 0 Å². The van der Waals surface area contributed by atoms with Crippen LogP contribution in [0.5, 0.6) is 5.75 Å². The third-order valence-electron chi connectivity index (χ3n) is 4.28. The number of alkyl halides is 3. The van der Waals surface area contributed by atoms with E-state index in [1.807, 2.05) is 32.9 Å². The molecule has 0 spiro atoms. The molecule has 30 heavy (non-hydrogen) atoms. The molecule has 5 nitrogen and oxygen atoms in total. The van der Waals surface area contributed by atoms with Gasteiger partial charge in [-0.1, -0.05) is 29.8 Å². The number of halogens is 4. The SMILES string of the molecule is CCNc1nc(Nc2c(C)ccc(Cl)c2C)cc(-c2cccc(OC(F)(F)F)c2)n1. The van der Waals surface area contributed by atoms with Crippen LogP contribution in [0.3, 0.4) is 0 Å². The van der Waals surface area contributed by atoms with Gasteiger partial charge >= 0.3 is 6.36 Å². The van der Waals surface area contributed by atoms with Crippen LogP contribution in [0.1, 0.15) is 18.1 Å². The van der Waals surface area contributed by atoms with E-state index in [2.05, 4.69) is 25.3 Å². The summed E-state index contributed by atoms with van der Waals surface area (Å²) >= 11 is 6.24. The topological polar surface area (TPSA) is 59.1 Å². The quantitative estimate of drug-likeness (QED) is 0.462. The maximum atomic E-state index is 12.6. The van der Waals surface area contributed by atoms with Crippen LogP contribution in [0, 0.1) is 13.8 Å². The first-order chi connectivity index (χ1) is 14.2. The number of hydrogen-bond acceptors (Lipinski definition) is 5. The Hall–Kier alpha value is -3.00. The number of nitrogens with one attached hydrogen (secondary N) is 2. The molecular formula is C21H20ClF3N4O. The summed E-state index contributed by atoms with van der Waals surface area (Å²) in [7, 11) is 0. The third-order valence-corrected chi connectivity index (χ3v) is 4.69. The molecule has 3 aromatic rings. The molecule has 0 saturated heterocycles. The van der Waals surface area contributed by atoms with Gasteiger partial charge in [0.15, 0.2) is 0 Å². The van der Waals surface area contributed by atoms with Crippen molar-refractivity contribution >= 4 is 29.1 Å². The zero-order valence-corrected chi connectivity index (χ0v) is 17.3. The van der Waals surface area contributed by atoms with Gasteiger partial charge in [-0.15, -0.1) is 13.2 Å². The summed E-state index contributed by atoms with van der Waals surface area (Å²) in [6.45, 7) is 6.31. The number of hydrogen-bond donors (Lipinski definition) is 2. The molecule has 2 N–H and O–H groups in total. The van der Waals surface area contributed by atoms with Gasteiger partial charge in [-0.3, -0.25) is 0 Å². The van der Waals surface area contributed by atoms with Crippen LogP contribution in [-0.4, -0.2) is 22.9 Å². The first-order valence-corrected chi connectivity index (χ1v) is 9.56. The Morgan fingerprint density at radius 2 is 1.83 bits per heavy atom. The van der Waals surface area contributed by atoms with Crippen molar-refractivity contribution in [2.45, 2.75) is 27.1 Å². The van der Waals surface area contributed by atoms with E-state index in [-0.39, 0.29) is 5.75 Å². The van der Waals surface area contributed by atoms with Crippen molar-refractivity contribution in [3.05, 3.63) is 58.6 Å². The van der Waals surface area contributed by atoms with Crippen molar-refractivity contribution < 1.29 is 17.9 Å². The van der Waals surface area contributed by atoms with E-state index in [0.29, 0.717) is 34.6 Å². The average Bonchev–Trinajstić information content (AvgIpc) is 2.67. The lowest BCUT2D eigenvalue weighted by Crippen LogP contribution is -2.17. The van der Waals surface area contributed by atoms with E-state index in [1.54, 1.807) is 12.1 Å². The molecular weight excluding hydrogens is 417 g/mol. The number of aromatic nitrogens is 2. The number of rotatable bonds is 6. The minimum atomic E-state index is -4.77. The molecule has 3 rings (SSSR count).